The number of carbonyl (C=O) groups excluding carboxylic acids is 2. The molecule has 1 atom stereocenters. The first-order chi connectivity index (χ1) is 13.8. The van der Waals surface area contributed by atoms with Crippen LogP contribution in [0.5, 0.6) is 0 Å². The molecule has 0 aliphatic heterocycles. The van der Waals surface area contributed by atoms with Crippen LogP contribution in [-0.4, -0.2) is 107 Å². The molecule has 0 aromatic carbocycles. The molecule has 0 bridgehead atoms. The minimum atomic E-state index is -0.332. The fourth-order valence-electron chi connectivity index (χ4n) is 3.10. The molecule has 0 aliphatic rings. The lowest BCUT2D eigenvalue weighted by Gasteiger charge is -2.26. The molecule has 0 saturated heterocycles. The maximum atomic E-state index is 12.0. The van der Waals surface area contributed by atoms with Gasteiger partial charge in [0, 0.05) is 19.6 Å². The molecule has 0 saturated carbocycles. The predicted octanol–water partition coefficient (Wildman–Crippen LogP) is 1.61. The van der Waals surface area contributed by atoms with E-state index in [1.54, 1.807) is 0 Å². The first-order valence-corrected chi connectivity index (χ1v) is 11.0. The Labute approximate surface area is 178 Å². The standard InChI is InChI=1S/C21H45N5O3/c1-20(29-21(28)23-13-9-7-6-8-12-22-19-27)18-26(16-10-14-24(2)3)17-11-15-25(4)5/h19-20H,6-18H2,1-5H3,(H,22,27)(H,23,28). The van der Waals surface area contributed by atoms with Crippen LogP contribution in [0.1, 0.15) is 45.4 Å². The lowest BCUT2D eigenvalue weighted by Crippen LogP contribution is -2.38. The monoisotopic (exact) mass is 415 g/mol. The third kappa shape index (κ3) is 19.7. The molecular formula is C21H45N5O3. The highest BCUT2D eigenvalue weighted by atomic mass is 16.6. The van der Waals surface area contributed by atoms with Gasteiger partial charge in [0.1, 0.15) is 6.10 Å². The number of hydrogen-bond acceptors (Lipinski definition) is 6. The van der Waals surface area contributed by atoms with E-state index >= 15 is 0 Å². The van der Waals surface area contributed by atoms with Crippen molar-refractivity contribution in [2.45, 2.75) is 51.6 Å². The van der Waals surface area contributed by atoms with Crippen molar-refractivity contribution in [1.82, 2.24) is 25.3 Å². The Morgan fingerprint density at radius 1 is 0.862 bits per heavy atom. The molecule has 2 amide bonds. The van der Waals surface area contributed by atoms with Gasteiger partial charge in [-0.05, 0) is 87.0 Å². The molecule has 1 unspecified atom stereocenters. The zero-order valence-corrected chi connectivity index (χ0v) is 19.4. The van der Waals surface area contributed by atoms with Crippen molar-refractivity contribution in [2.24, 2.45) is 0 Å². The number of unbranched alkanes of at least 4 members (excludes halogenated alkanes) is 3. The fourth-order valence-corrected chi connectivity index (χ4v) is 3.10. The summed E-state index contributed by atoms with van der Waals surface area (Å²) in [6, 6.07) is 0. The van der Waals surface area contributed by atoms with Crippen molar-refractivity contribution in [3.8, 4) is 0 Å². The van der Waals surface area contributed by atoms with Gasteiger partial charge < -0.3 is 25.2 Å². The molecule has 172 valence electrons. The van der Waals surface area contributed by atoms with E-state index < -0.39 is 0 Å². The summed E-state index contributed by atoms with van der Waals surface area (Å²) in [6.45, 7) is 8.22. The summed E-state index contributed by atoms with van der Waals surface area (Å²) < 4.78 is 5.53. The molecule has 0 aromatic heterocycles. The van der Waals surface area contributed by atoms with E-state index in [0.29, 0.717) is 6.54 Å². The molecule has 8 heteroatoms. The number of ether oxygens (including phenoxy) is 1. The molecule has 0 spiro atoms. The third-order valence-electron chi connectivity index (χ3n) is 4.58. The Balaban J connectivity index is 4.03. The minimum absolute atomic E-state index is 0.136. The number of alkyl carbamates (subject to hydrolysis) is 1. The largest absolute Gasteiger partial charge is 0.445 e. The Kier molecular flexibility index (Phi) is 17.7. The second-order valence-corrected chi connectivity index (χ2v) is 8.24. The van der Waals surface area contributed by atoms with Gasteiger partial charge in [0.05, 0.1) is 0 Å². The summed E-state index contributed by atoms with van der Waals surface area (Å²) in [5.41, 5.74) is 0. The van der Waals surface area contributed by atoms with Crippen molar-refractivity contribution in [1.29, 1.82) is 0 Å². The van der Waals surface area contributed by atoms with Crippen molar-refractivity contribution in [2.75, 3.05) is 74.0 Å². The average Bonchev–Trinajstić information content (AvgIpc) is 2.63. The van der Waals surface area contributed by atoms with Gasteiger partial charge in [-0.1, -0.05) is 12.8 Å². The topological polar surface area (TPSA) is 77.2 Å². The van der Waals surface area contributed by atoms with E-state index in [9.17, 15) is 9.59 Å². The molecule has 0 heterocycles. The molecule has 8 nitrogen and oxygen atoms in total. The van der Waals surface area contributed by atoms with Crippen molar-refractivity contribution in [3.63, 3.8) is 0 Å². The average molecular weight is 416 g/mol. The number of carbonyl (C=O) groups is 2. The van der Waals surface area contributed by atoms with Crippen molar-refractivity contribution < 1.29 is 14.3 Å². The predicted molar refractivity (Wildman–Crippen MR) is 119 cm³/mol. The first kappa shape index (κ1) is 27.6. The smallest absolute Gasteiger partial charge is 0.407 e. The molecule has 0 rings (SSSR count). The van der Waals surface area contributed by atoms with Gasteiger partial charge in [-0.25, -0.2) is 4.79 Å². The highest BCUT2D eigenvalue weighted by Gasteiger charge is 2.14. The van der Waals surface area contributed by atoms with Crippen LogP contribution in [0.25, 0.3) is 0 Å². The first-order valence-electron chi connectivity index (χ1n) is 11.0. The fraction of sp³-hybridized carbons (Fsp3) is 0.905. The molecule has 0 aromatic rings. The molecule has 0 fully saturated rings. The van der Waals surface area contributed by atoms with Gasteiger partial charge in [-0.15, -0.1) is 0 Å². The summed E-state index contributed by atoms with van der Waals surface area (Å²) in [6.07, 6.45) is 6.44. The number of rotatable bonds is 19. The van der Waals surface area contributed by atoms with Gasteiger partial charge in [0.2, 0.25) is 6.41 Å². The van der Waals surface area contributed by atoms with E-state index in [1.165, 1.54) is 0 Å². The number of amides is 2. The van der Waals surface area contributed by atoms with Crippen LogP contribution in [0.2, 0.25) is 0 Å². The summed E-state index contributed by atoms with van der Waals surface area (Å²) in [4.78, 5) is 28.9. The van der Waals surface area contributed by atoms with Gasteiger partial charge >= 0.3 is 6.09 Å². The highest BCUT2D eigenvalue weighted by molar-refractivity contribution is 5.67. The lowest BCUT2D eigenvalue weighted by molar-refractivity contribution is -0.109. The Bertz CT molecular complexity index is 394. The van der Waals surface area contributed by atoms with E-state index in [0.717, 1.165) is 84.2 Å². The van der Waals surface area contributed by atoms with Crippen LogP contribution in [-0.2, 0) is 9.53 Å². The van der Waals surface area contributed by atoms with Crippen LogP contribution in [0.15, 0.2) is 0 Å². The van der Waals surface area contributed by atoms with Gasteiger partial charge in [0.25, 0.3) is 0 Å². The number of nitrogens with one attached hydrogen (secondary N) is 2. The zero-order chi connectivity index (χ0) is 21.9. The van der Waals surface area contributed by atoms with Crippen molar-refractivity contribution >= 4 is 12.5 Å². The summed E-state index contributed by atoms with van der Waals surface area (Å²) in [7, 11) is 8.37. The van der Waals surface area contributed by atoms with Crippen LogP contribution >= 0.6 is 0 Å². The van der Waals surface area contributed by atoms with Crippen molar-refractivity contribution in [3.05, 3.63) is 0 Å². The van der Waals surface area contributed by atoms with E-state index in [2.05, 4.69) is 53.5 Å². The maximum absolute atomic E-state index is 12.0. The lowest BCUT2D eigenvalue weighted by atomic mass is 10.2. The van der Waals surface area contributed by atoms with Crippen LogP contribution in [0.4, 0.5) is 4.79 Å². The Hall–Kier alpha value is -1.38. The molecule has 2 N–H and O–H groups in total. The minimum Gasteiger partial charge on any atom is -0.445 e. The molecule has 29 heavy (non-hydrogen) atoms. The molecule has 0 radical (unpaired) electrons. The summed E-state index contributed by atoms with van der Waals surface area (Å²) in [5.74, 6) is 0. The van der Waals surface area contributed by atoms with Crippen LogP contribution < -0.4 is 10.6 Å². The molecular weight excluding hydrogens is 370 g/mol. The molecule has 0 aliphatic carbocycles. The van der Waals surface area contributed by atoms with E-state index in [-0.39, 0.29) is 12.2 Å². The number of nitrogens with zero attached hydrogens (tertiary/aromatic N) is 3. The highest BCUT2D eigenvalue weighted by Crippen LogP contribution is 2.03. The number of hydrogen-bond donors (Lipinski definition) is 2. The Morgan fingerprint density at radius 3 is 1.93 bits per heavy atom. The van der Waals surface area contributed by atoms with Gasteiger partial charge in [0.15, 0.2) is 0 Å². The van der Waals surface area contributed by atoms with Gasteiger partial charge in [-0.3, -0.25) is 9.69 Å². The van der Waals surface area contributed by atoms with Gasteiger partial charge in [-0.2, -0.15) is 0 Å². The van der Waals surface area contributed by atoms with Crippen LogP contribution in [0.3, 0.4) is 0 Å². The van der Waals surface area contributed by atoms with E-state index in [4.69, 9.17) is 4.74 Å². The summed E-state index contributed by atoms with van der Waals surface area (Å²) in [5, 5.41) is 5.49. The quantitative estimate of drug-likeness (QED) is 0.247. The Morgan fingerprint density at radius 2 is 1.41 bits per heavy atom. The SMILES string of the molecule is CC(CN(CCCN(C)C)CCCN(C)C)OC(=O)NCCCCCCNC=O. The summed E-state index contributed by atoms with van der Waals surface area (Å²) >= 11 is 0. The van der Waals surface area contributed by atoms with Crippen LogP contribution in [0, 0.1) is 0 Å². The maximum Gasteiger partial charge on any atom is 0.407 e. The zero-order valence-electron chi connectivity index (χ0n) is 19.4. The normalized spacial score (nSPS) is 12.4. The third-order valence-corrected chi connectivity index (χ3v) is 4.58. The second-order valence-electron chi connectivity index (χ2n) is 8.24. The van der Waals surface area contributed by atoms with E-state index in [1.807, 2.05) is 6.92 Å². The second kappa shape index (κ2) is 18.6.